The molecule has 2 atom stereocenters. The van der Waals surface area contributed by atoms with Crippen molar-refractivity contribution in [2.24, 2.45) is 0 Å². The number of carbonyl (C=O) groups is 1. The number of nitrogens with zero attached hydrogens (tertiary/aromatic N) is 1. The molecule has 9 nitrogen and oxygen atoms in total. The number of hydrogen-bond acceptors (Lipinski definition) is 8. The van der Waals surface area contributed by atoms with Gasteiger partial charge in [-0.15, -0.1) is 0 Å². The fourth-order valence-corrected chi connectivity index (χ4v) is 8.96. The molecule has 2 aliphatic heterocycles. The second kappa shape index (κ2) is 8.40. The number of fused-ring (bicyclic) bond motifs is 1. The lowest BCUT2D eigenvalue weighted by atomic mass is 9.86. The van der Waals surface area contributed by atoms with Crippen LogP contribution < -0.4 is 0 Å². The lowest BCUT2D eigenvalue weighted by Crippen LogP contribution is -2.73. The zero-order chi connectivity index (χ0) is 25.8. The summed E-state index contributed by atoms with van der Waals surface area (Å²) in [5.41, 5.74) is 0.0858. The van der Waals surface area contributed by atoms with Crippen molar-refractivity contribution in [3.05, 3.63) is 108 Å². The van der Waals surface area contributed by atoms with E-state index in [9.17, 15) is 22.9 Å². The summed E-state index contributed by atoms with van der Waals surface area (Å²) >= 11 is 0. The third-order valence-corrected chi connectivity index (χ3v) is 10.8. The molecule has 186 valence electrons. The van der Waals surface area contributed by atoms with Crippen LogP contribution in [-0.4, -0.2) is 43.2 Å². The van der Waals surface area contributed by atoms with E-state index in [4.69, 9.17) is 13.8 Å². The summed E-state index contributed by atoms with van der Waals surface area (Å²) in [5, 5.41) is 9.70. The third kappa shape index (κ3) is 2.96. The standard InChI is InChI=1S/C25H22NO8PS/c1-32-35(29,33-2)24-21(23(27)26(24)36(30,31)20-16-10-5-11-17-20)22(18-12-6-3-7-13-18)34-25(24,28)19-14-8-4-9-15-19/h3-17,28H,1-2H3. The molecule has 2 aliphatic rings. The quantitative estimate of drug-likeness (QED) is 0.365. The molecule has 1 N–H and O–H groups in total. The van der Waals surface area contributed by atoms with Gasteiger partial charge in [0.15, 0.2) is 0 Å². The normalized spacial score (nSPS) is 23.8. The minimum atomic E-state index is -4.67. The van der Waals surface area contributed by atoms with Crippen molar-refractivity contribution >= 4 is 29.3 Å². The number of carbonyl (C=O) groups excluding carboxylic acids is 1. The molecule has 11 heteroatoms. The highest BCUT2D eigenvalue weighted by Gasteiger charge is 2.86. The Morgan fingerprint density at radius 2 is 1.36 bits per heavy atom. The minimum Gasteiger partial charge on any atom is -0.453 e. The van der Waals surface area contributed by atoms with E-state index in [0.717, 1.165) is 14.2 Å². The number of amides is 1. The van der Waals surface area contributed by atoms with Crippen LogP contribution in [0.3, 0.4) is 0 Å². The molecule has 0 bridgehead atoms. The van der Waals surface area contributed by atoms with Gasteiger partial charge in [-0.2, -0.15) is 0 Å². The van der Waals surface area contributed by atoms with Crippen molar-refractivity contribution in [3.63, 3.8) is 0 Å². The van der Waals surface area contributed by atoms with E-state index in [2.05, 4.69) is 0 Å². The van der Waals surface area contributed by atoms with Crippen LogP contribution in [0.5, 0.6) is 0 Å². The van der Waals surface area contributed by atoms with E-state index >= 15 is 0 Å². The maximum Gasteiger partial charge on any atom is 0.368 e. The Labute approximate surface area is 208 Å². The van der Waals surface area contributed by atoms with Crippen LogP contribution >= 0.6 is 7.60 Å². The number of aliphatic hydroxyl groups is 1. The molecule has 36 heavy (non-hydrogen) atoms. The Morgan fingerprint density at radius 1 is 0.861 bits per heavy atom. The average molecular weight is 527 g/mol. The highest BCUT2D eigenvalue weighted by atomic mass is 32.2. The summed E-state index contributed by atoms with van der Waals surface area (Å²) in [6, 6.07) is 23.3. The number of benzene rings is 3. The van der Waals surface area contributed by atoms with Gasteiger partial charge in [0.2, 0.25) is 0 Å². The average Bonchev–Trinajstić information content (AvgIpc) is 3.16. The van der Waals surface area contributed by atoms with Crippen LogP contribution in [0.15, 0.2) is 101 Å². The molecule has 0 aromatic heterocycles. The highest BCUT2D eigenvalue weighted by molar-refractivity contribution is 7.90. The summed E-state index contributed by atoms with van der Waals surface area (Å²) < 4.78 is 59.2. The van der Waals surface area contributed by atoms with Gasteiger partial charge in [-0.1, -0.05) is 78.9 Å². The third-order valence-electron chi connectivity index (χ3n) is 6.35. The molecule has 3 aromatic rings. The molecule has 5 rings (SSSR count). The summed E-state index contributed by atoms with van der Waals surface area (Å²) in [7, 11) is -7.24. The fraction of sp³-hybridized carbons (Fsp3) is 0.160. The van der Waals surface area contributed by atoms with E-state index < -0.39 is 34.6 Å². The molecular weight excluding hydrogens is 505 g/mol. The van der Waals surface area contributed by atoms with Gasteiger partial charge in [0.25, 0.3) is 27.0 Å². The van der Waals surface area contributed by atoms with Crippen LogP contribution in [0.2, 0.25) is 0 Å². The van der Waals surface area contributed by atoms with Crippen LogP contribution in [-0.2, 0) is 39.0 Å². The lowest BCUT2D eigenvalue weighted by molar-refractivity contribution is -0.207. The van der Waals surface area contributed by atoms with Gasteiger partial charge in [0.1, 0.15) is 11.3 Å². The van der Waals surface area contributed by atoms with E-state index in [0.29, 0.717) is 9.87 Å². The Hall–Kier alpha value is -3.27. The van der Waals surface area contributed by atoms with E-state index in [-0.39, 0.29) is 21.8 Å². The SMILES string of the molecule is COP(=O)(OC)C12C(=C(c3ccccc3)OC1(O)c1ccccc1)C(=O)N2S(=O)(=O)c1ccccc1. The van der Waals surface area contributed by atoms with Gasteiger partial charge >= 0.3 is 7.60 Å². The molecule has 0 aliphatic carbocycles. The van der Waals surface area contributed by atoms with Crippen molar-refractivity contribution in [2.75, 3.05) is 14.2 Å². The van der Waals surface area contributed by atoms with Gasteiger partial charge < -0.3 is 18.9 Å². The van der Waals surface area contributed by atoms with Crippen molar-refractivity contribution in [1.82, 2.24) is 4.31 Å². The number of rotatable bonds is 7. The second-order valence-electron chi connectivity index (χ2n) is 8.10. The fourth-order valence-electron chi connectivity index (χ4n) is 4.75. The number of β-lactam (4-membered cyclic amide) rings is 1. The molecular formula is C25H22NO8PS. The summed E-state index contributed by atoms with van der Waals surface area (Å²) in [6.45, 7) is 0. The summed E-state index contributed by atoms with van der Waals surface area (Å²) in [5.74, 6) is -3.80. The molecule has 1 saturated heterocycles. The van der Waals surface area contributed by atoms with Crippen LogP contribution in [0.25, 0.3) is 5.76 Å². The molecule has 1 amide bonds. The molecule has 0 spiro atoms. The second-order valence-corrected chi connectivity index (χ2v) is 12.3. The van der Waals surface area contributed by atoms with E-state index in [1.54, 1.807) is 54.6 Å². The Morgan fingerprint density at radius 3 is 1.89 bits per heavy atom. The van der Waals surface area contributed by atoms with Gasteiger partial charge in [-0.05, 0) is 12.1 Å². The first-order chi connectivity index (χ1) is 17.2. The first-order valence-corrected chi connectivity index (χ1v) is 13.8. The molecule has 0 radical (unpaired) electrons. The molecule has 3 aromatic carbocycles. The van der Waals surface area contributed by atoms with Gasteiger partial charge in [0.05, 0.1) is 4.90 Å². The van der Waals surface area contributed by atoms with E-state index in [1.807, 2.05) is 0 Å². The molecule has 1 fully saturated rings. The predicted octanol–water partition coefficient (Wildman–Crippen LogP) is 3.69. The van der Waals surface area contributed by atoms with E-state index in [1.165, 1.54) is 36.4 Å². The molecule has 2 heterocycles. The predicted molar refractivity (Wildman–Crippen MR) is 130 cm³/mol. The van der Waals surface area contributed by atoms with Crippen molar-refractivity contribution < 1.29 is 36.7 Å². The number of sulfonamides is 1. The smallest absolute Gasteiger partial charge is 0.368 e. The largest absolute Gasteiger partial charge is 0.453 e. The number of hydrogen-bond donors (Lipinski definition) is 1. The topological polar surface area (TPSA) is 119 Å². The first-order valence-electron chi connectivity index (χ1n) is 10.8. The highest BCUT2D eigenvalue weighted by Crippen LogP contribution is 2.78. The summed E-state index contributed by atoms with van der Waals surface area (Å²) in [4.78, 5) is 13.5. The monoisotopic (exact) mass is 527 g/mol. The zero-order valence-electron chi connectivity index (χ0n) is 19.3. The first kappa shape index (κ1) is 24.4. The van der Waals surface area contributed by atoms with Crippen molar-refractivity contribution in [1.29, 1.82) is 0 Å². The number of ether oxygens (including phenoxy) is 1. The van der Waals surface area contributed by atoms with Gasteiger partial charge in [0, 0.05) is 25.3 Å². The Bertz CT molecular complexity index is 1500. The Balaban J connectivity index is 1.90. The van der Waals surface area contributed by atoms with Crippen LogP contribution in [0.4, 0.5) is 0 Å². The minimum absolute atomic E-state index is 0.0449. The molecule has 2 unspecified atom stereocenters. The maximum atomic E-state index is 14.4. The molecule has 0 saturated carbocycles. The van der Waals surface area contributed by atoms with Gasteiger partial charge in [-0.3, -0.25) is 9.36 Å². The van der Waals surface area contributed by atoms with Gasteiger partial charge in [-0.25, -0.2) is 12.7 Å². The Kier molecular flexibility index (Phi) is 5.70. The summed E-state index contributed by atoms with van der Waals surface area (Å²) in [6.07, 6.45) is 0. The lowest BCUT2D eigenvalue weighted by Gasteiger charge is -2.54. The van der Waals surface area contributed by atoms with Crippen molar-refractivity contribution in [2.45, 2.75) is 16.0 Å². The zero-order valence-corrected chi connectivity index (χ0v) is 21.0. The van der Waals surface area contributed by atoms with Crippen LogP contribution in [0.1, 0.15) is 11.1 Å². The maximum absolute atomic E-state index is 14.4. The van der Waals surface area contributed by atoms with Crippen molar-refractivity contribution in [3.8, 4) is 0 Å². The van der Waals surface area contributed by atoms with Crippen LogP contribution in [0, 0.1) is 0 Å².